The topological polar surface area (TPSA) is 67.2 Å². The van der Waals surface area contributed by atoms with Crippen LogP contribution in [0.3, 0.4) is 0 Å². The molecule has 1 aromatic heterocycles. The summed E-state index contributed by atoms with van der Waals surface area (Å²) >= 11 is 5.85. The normalized spacial score (nSPS) is 17.8. The van der Waals surface area contributed by atoms with Crippen molar-refractivity contribution in [2.45, 2.75) is 32.6 Å². The third-order valence-electron chi connectivity index (χ3n) is 3.58. The van der Waals surface area contributed by atoms with Gasteiger partial charge in [-0.25, -0.2) is 0 Å². The van der Waals surface area contributed by atoms with Gasteiger partial charge in [0.2, 0.25) is 11.1 Å². The number of carbonyl (C=O) groups excluding carboxylic acids is 1. The highest BCUT2D eigenvalue weighted by molar-refractivity contribution is 6.29. The van der Waals surface area contributed by atoms with Crippen molar-refractivity contribution in [2.75, 3.05) is 19.6 Å². The van der Waals surface area contributed by atoms with E-state index in [4.69, 9.17) is 16.1 Å². The van der Waals surface area contributed by atoms with Crippen LogP contribution in [-0.2, 0) is 11.2 Å². The van der Waals surface area contributed by atoms with Gasteiger partial charge in [0.05, 0.1) is 5.69 Å². The molecule has 114 valence electrons. The first kappa shape index (κ1) is 17.3. The molecule has 20 heavy (non-hydrogen) atoms. The van der Waals surface area contributed by atoms with E-state index >= 15 is 0 Å². The molecule has 0 saturated carbocycles. The summed E-state index contributed by atoms with van der Waals surface area (Å²) in [6.07, 6.45) is 3.26. The molecule has 2 N–H and O–H groups in total. The number of amides is 1. The molecule has 1 aromatic rings. The standard InChI is InChI=1S/C13H20ClN3O2.ClH/c1-9-11(13(14)19-17-9)2-3-12(18)16-7-5-10-4-6-15-8-10;/h10,15H,2-8H2,1H3,(H,16,18);1H. The van der Waals surface area contributed by atoms with Crippen LogP contribution < -0.4 is 10.6 Å². The lowest BCUT2D eigenvalue weighted by Crippen LogP contribution is -2.26. The van der Waals surface area contributed by atoms with Crippen LogP contribution >= 0.6 is 24.0 Å². The molecule has 1 saturated heterocycles. The Morgan fingerprint density at radius 2 is 2.40 bits per heavy atom. The lowest BCUT2D eigenvalue weighted by atomic mass is 10.1. The number of rotatable bonds is 6. The Labute approximate surface area is 130 Å². The van der Waals surface area contributed by atoms with Crippen molar-refractivity contribution in [3.8, 4) is 0 Å². The average Bonchev–Trinajstić information content (AvgIpc) is 2.99. The van der Waals surface area contributed by atoms with Crippen LogP contribution in [0.4, 0.5) is 0 Å². The van der Waals surface area contributed by atoms with Gasteiger partial charge in [-0.15, -0.1) is 12.4 Å². The van der Waals surface area contributed by atoms with Gasteiger partial charge >= 0.3 is 0 Å². The number of nitrogens with one attached hydrogen (secondary N) is 2. The quantitative estimate of drug-likeness (QED) is 0.842. The Balaban J connectivity index is 0.00000200. The van der Waals surface area contributed by atoms with Gasteiger partial charge in [0.1, 0.15) is 0 Å². The van der Waals surface area contributed by atoms with E-state index in [0.717, 1.165) is 37.3 Å². The zero-order valence-electron chi connectivity index (χ0n) is 11.6. The predicted octanol–water partition coefficient (Wildman–Crippen LogP) is 2.11. The van der Waals surface area contributed by atoms with Crippen molar-refractivity contribution in [1.29, 1.82) is 0 Å². The Hall–Kier alpha value is -0.780. The fraction of sp³-hybridized carbons (Fsp3) is 0.692. The lowest BCUT2D eigenvalue weighted by Gasteiger charge is -2.09. The van der Waals surface area contributed by atoms with Gasteiger partial charge in [0.25, 0.3) is 0 Å². The first-order valence-corrected chi connectivity index (χ1v) is 7.12. The minimum Gasteiger partial charge on any atom is -0.356 e. The zero-order valence-corrected chi connectivity index (χ0v) is 13.1. The summed E-state index contributed by atoms with van der Waals surface area (Å²) in [5.74, 6) is 0.762. The monoisotopic (exact) mass is 321 g/mol. The first-order valence-electron chi connectivity index (χ1n) is 6.75. The Bertz CT molecular complexity index is 412. The molecule has 2 rings (SSSR count). The number of nitrogens with zero attached hydrogens (tertiary/aromatic N) is 1. The van der Waals surface area contributed by atoms with Gasteiger partial charge in [-0.3, -0.25) is 4.79 Å². The van der Waals surface area contributed by atoms with E-state index in [0.29, 0.717) is 24.0 Å². The Morgan fingerprint density at radius 1 is 1.60 bits per heavy atom. The molecule has 0 spiro atoms. The van der Waals surface area contributed by atoms with Gasteiger partial charge < -0.3 is 15.2 Å². The molecule has 0 radical (unpaired) electrons. The molecular formula is C13H21Cl2N3O2. The fourth-order valence-corrected chi connectivity index (χ4v) is 2.61. The Kier molecular flexibility index (Phi) is 7.34. The van der Waals surface area contributed by atoms with E-state index in [1.54, 1.807) is 0 Å². The highest BCUT2D eigenvalue weighted by Gasteiger charge is 2.15. The molecule has 1 fully saturated rings. The number of halogens is 2. The number of aromatic nitrogens is 1. The van der Waals surface area contributed by atoms with E-state index in [2.05, 4.69) is 15.8 Å². The third kappa shape index (κ3) is 4.96. The van der Waals surface area contributed by atoms with Crippen molar-refractivity contribution in [3.63, 3.8) is 0 Å². The SMILES string of the molecule is Cc1noc(Cl)c1CCC(=O)NCCC1CCNC1.Cl. The van der Waals surface area contributed by atoms with Crippen LogP contribution in [0.15, 0.2) is 4.52 Å². The molecule has 0 bridgehead atoms. The van der Waals surface area contributed by atoms with Gasteiger partial charge in [0.15, 0.2) is 0 Å². The van der Waals surface area contributed by atoms with Crippen LogP contribution in [0, 0.1) is 12.8 Å². The van der Waals surface area contributed by atoms with Crippen LogP contribution in [0.25, 0.3) is 0 Å². The minimum atomic E-state index is 0. The predicted molar refractivity (Wildman–Crippen MR) is 80.4 cm³/mol. The second-order valence-corrected chi connectivity index (χ2v) is 5.36. The molecule has 1 atom stereocenters. The summed E-state index contributed by atoms with van der Waals surface area (Å²) in [4.78, 5) is 11.7. The van der Waals surface area contributed by atoms with Gasteiger partial charge in [0, 0.05) is 18.5 Å². The molecular weight excluding hydrogens is 301 g/mol. The van der Waals surface area contributed by atoms with Crippen molar-refractivity contribution in [2.24, 2.45) is 5.92 Å². The summed E-state index contributed by atoms with van der Waals surface area (Å²) in [6.45, 7) is 4.76. The fourth-order valence-electron chi connectivity index (χ4n) is 2.34. The van der Waals surface area contributed by atoms with Crippen LogP contribution in [0.1, 0.15) is 30.5 Å². The number of aryl methyl sites for hydroxylation is 1. The zero-order chi connectivity index (χ0) is 13.7. The van der Waals surface area contributed by atoms with Crippen molar-refractivity contribution in [3.05, 3.63) is 16.5 Å². The number of hydrogen-bond acceptors (Lipinski definition) is 4. The summed E-state index contributed by atoms with van der Waals surface area (Å²) in [7, 11) is 0. The molecule has 1 aliphatic rings. The number of carbonyl (C=O) groups is 1. The molecule has 7 heteroatoms. The second-order valence-electron chi connectivity index (χ2n) is 5.02. The van der Waals surface area contributed by atoms with E-state index in [1.807, 2.05) is 6.92 Å². The van der Waals surface area contributed by atoms with Gasteiger partial charge in [-0.2, -0.15) is 0 Å². The maximum Gasteiger partial charge on any atom is 0.229 e. The molecule has 5 nitrogen and oxygen atoms in total. The molecule has 1 unspecified atom stereocenters. The average molecular weight is 322 g/mol. The minimum absolute atomic E-state index is 0. The molecule has 1 aliphatic heterocycles. The second kappa shape index (κ2) is 8.49. The molecule has 2 heterocycles. The van der Waals surface area contributed by atoms with Crippen molar-refractivity contribution >= 4 is 29.9 Å². The molecule has 0 aromatic carbocycles. The summed E-state index contributed by atoms with van der Waals surface area (Å²) in [6, 6.07) is 0. The lowest BCUT2D eigenvalue weighted by molar-refractivity contribution is -0.121. The third-order valence-corrected chi connectivity index (χ3v) is 3.87. The maximum absolute atomic E-state index is 11.7. The van der Waals surface area contributed by atoms with E-state index in [-0.39, 0.29) is 18.3 Å². The molecule has 1 amide bonds. The van der Waals surface area contributed by atoms with Gasteiger partial charge in [-0.1, -0.05) is 5.16 Å². The highest BCUT2D eigenvalue weighted by Crippen LogP contribution is 2.20. The van der Waals surface area contributed by atoms with Gasteiger partial charge in [-0.05, 0) is 56.8 Å². The highest BCUT2D eigenvalue weighted by atomic mass is 35.5. The van der Waals surface area contributed by atoms with Crippen LogP contribution in [0.2, 0.25) is 5.22 Å². The summed E-state index contributed by atoms with van der Waals surface area (Å²) < 4.78 is 4.85. The summed E-state index contributed by atoms with van der Waals surface area (Å²) in [5.41, 5.74) is 1.59. The largest absolute Gasteiger partial charge is 0.356 e. The summed E-state index contributed by atoms with van der Waals surface area (Å²) in [5, 5.41) is 10.3. The maximum atomic E-state index is 11.7. The van der Waals surface area contributed by atoms with Crippen LogP contribution in [-0.4, -0.2) is 30.7 Å². The Morgan fingerprint density at radius 3 is 3.00 bits per heavy atom. The molecule has 0 aliphatic carbocycles. The van der Waals surface area contributed by atoms with E-state index in [1.165, 1.54) is 6.42 Å². The van der Waals surface area contributed by atoms with E-state index < -0.39 is 0 Å². The van der Waals surface area contributed by atoms with Crippen LogP contribution in [0.5, 0.6) is 0 Å². The van der Waals surface area contributed by atoms with E-state index in [9.17, 15) is 4.79 Å². The smallest absolute Gasteiger partial charge is 0.229 e. The number of hydrogen-bond donors (Lipinski definition) is 2. The van der Waals surface area contributed by atoms with Crippen molar-refractivity contribution in [1.82, 2.24) is 15.8 Å². The first-order chi connectivity index (χ1) is 9.16. The van der Waals surface area contributed by atoms with Crippen molar-refractivity contribution < 1.29 is 9.32 Å².